The van der Waals surface area contributed by atoms with Crippen LogP contribution in [0.25, 0.3) is 17.2 Å². The average Bonchev–Trinajstić information content (AvgIpc) is 3.06. The molecule has 0 amide bonds. The average molecular weight is 357 g/mol. The fourth-order valence-corrected chi connectivity index (χ4v) is 4.05. The first-order valence-corrected chi connectivity index (χ1v) is 9.30. The van der Waals surface area contributed by atoms with E-state index < -0.39 is 0 Å². The minimum Gasteiger partial charge on any atom is -0.0882 e. The summed E-state index contributed by atoms with van der Waals surface area (Å²) in [5, 5.41) is 1.40. The first-order valence-electron chi connectivity index (χ1n) is 8.55. The van der Waals surface area contributed by atoms with Crippen molar-refractivity contribution in [2.45, 2.75) is 32.6 Å². The molecule has 1 aliphatic rings. The van der Waals surface area contributed by atoms with Crippen molar-refractivity contribution in [1.29, 1.82) is 0 Å². The third-order valence-electron chi connectivity index (χ3n) is 4.56. The van der Waals surface area contributed by atoms with E-state index in [1.54, 1.807) is 0 Å². The highest BCUT2D eigenvalue weighted by Gasteiger charge is 2.12. The fourth-order valence-electron chi connectivity index (χ4n) is 3.33. The smallest absolute Gasteiger partial charge is 0.0505 e. The summed E-state index contributed by atoms with van der Waals surface area (Å²) in [5.41, 5.74) is 4.39. The third-order valence-corrected chi connectivity index (χ3v) is 5.15. The van der Waals surface area contributed by atoms with Gasteiger partial charge in [0.05, 0.1) is 10.0 Å². The molecule has 2 aromatic rings. The maximum atomic E-state index is 6.51. The Balaban J connectivity index is 1.84. The lowest BCUT2D eigenvalue weighted by molar-refractivity contribution is 0.578. The van der Waals surface area contributed by atoms with Gasteiger partial charge in [0.2, 0.25) is 0 Å². The van der Waals surface area contributed by atoms with Crippen molar-refractivity contribution in [1.82, 2.24) is 0 Å². The van der Waals surface area contributed by atoms with Crippen LogP contribution in [0.3, 0.4) is 0 Å². The van der Waals surface area contributed by atoms with Crippen molar-refractivity contribution in [3.05, 3.63) is 75.8 Å². The topological polar surface area (TPSA) is 0 Å². The molecule has 0 spiro atoms. The van der Waals surface area contributed by atoms with E-state index in [1.165, 1.54) is 24.8 Å². The van der Waals surface area contributed by atoms with Crippen molar-refractivity contribution in [3.8, 4) is 11.1 Å². The summed E-state index contributed by atoms with van der Waals surface area (Å²) in [6.45, 7) is 1.98. The van der Waals surface area contributed by atoms with Gasteiger partial charge in [-0.1, -0.05) is 71.8 Å². The van der Waals surface area contributed by atoms with Gasteiger partial charge in [0, 0.05) is 5.56 Å². The molecule has 24 heavy (non-hydrogen) atoms. The summed E-state index contributed by atoms with van der Waals surface area (Å²) < 4.78 is 0. The molecular formula is C22H22Cl2. The minimum atomic E-state index is 0.700. The highest BCUT2D eigenvalue weighted by Crippen LogP contribution is 2.36. The monoisotopic (exact) mass is 356 g/mol. The molecule has 2 heteroatoms. The third kappa shape index (κ3) is 4.12. The molecule has 0 fully saturated rings. The van der Waals surface area contributed by atoms with Gasteiger partial charge in [-0.05, 0) is 67.3 Å². The van der Waals surface area contributed by atoms with E-state index in [2.05, 4.69) is 36.4 Å². The lowest BCUT2D eigenvalue weighted by Gasteiger charge is -2.12. The summed E-state index contributed by atoms with van der Waals surface area (Å²) in [6.07, 6.45) is 13.5. The van der Waals surface area contributed by atoms with Crippen LogP contribution in [-0.4, -0.2) is 0 Å². The van der Waals surface area contributed by atoms with Crippen LogP contribution in [-0.2, 0) is 6.42 Å². The quantitative estimate of drug-likeness (QED) is 0.484. The second-order valence-corrected chi connectivity index (χ2v) is 7.18. The van der Waals surface area contributed by atoms with Crippen LogP contribution in [0, 0.1) is 5.92 Å². The predicted molar refractivity (Wildman–Crippen MR) is 107 cm³/mol. The summed E-state index contributed by atoms with van der Waals surface area (Å²) in [6, 6.07) is 12.5. The van der Waals surface area contributed by atoms with Crippen molar-refractivity contribution < 1.29 is 0 Å². The summed E-state index contributed by atoms with van der Waals surface area (Å²) in [7, 11) is 0. The molecule has 0 nitrogen and oxygen atoms in total. The van der Waals surface area contributed by atoms with E-state index in [9.17, 15) is 0 Å². The molecule has 0 saturated heterocycles. The Morgan fingerprint density at radius 1 is 1.12 bits per heavy atom. The summed E-state index contributed by atoms with van der Waals surface area (Å²) in [5.74, 6) is 0.737. The Bertz CT molecular complexity index is 748. The Labute approximate surface area is 154 Å². The van der Waals surface area contributed by atoms with E-state index in [-0.39, 0.29) is 0 Å². The van der Waals surface area contributed by atoms with Crippen LogP contribution < -0.4 is 0 Å². The van der Waals surface area contributed by atoms with E-state index in [0.29, 0.717) is 10.0 Å². The van der Waals surface area contributed by atoms with Crippen molar-refractivity contribution in [2.75, 3.05) is 0 Å². The number of hydrogen-bond acceptors (Lipinski definition) is 0. The van der Waals surface area contributed by atoms with Gasteiger partial charge in [-0.3, -0.25) is 0 Å². The number of allylic oxidation sites excluding steroid dienone is 3. The molecular weight excluding hydrogens is 335 g/mol. The van der Waals surface area contributed by atoms with E-state index in [1.807, 2.05) is 31.2 Å². The van der Waals surface area contributed by atoms with Crippen LogP contribution in [0.2, 0.25) is 10.0 Å². The van der Waals surface area contributed by atoms with Crippen molar-refractivity contribution in [2.24, 2.45) is 5.92 Å². The zero-order valence-corrected chi connectivity index (χ0v) is 15.4. The van der Waals surface area contributed by atoms with Crippen LogP contribution in [0.4, 0.5) is 0 Å². The number of aryl methyl sites for hydroxylation is 1. The molecule has 0 aliphatic heterocycles. The van der Waals surface area contributed by atoms with Crippen LogP contribution >= 0.6 is 23.2 Å². The molecule has 0 radical (unpaired) electrons. The molecule has 0 saturated carbocycles. The molecule has 0 heterocycles. The van der Waals surface area contributed by atoms with Crippen LogP contribution in [0.15, 0.2) is 54.6 Å². The molecule has 0 N–H and O–H groups in total. The van der Waals surface area contributed by atoms with Gasteiger partial charge in [-0.2, -0.15) is 0 Å². The Morgan fingerprint density at radius 2 is 1.92 bits per heavy atom. The zero-order chi connectivity index (χ0) is 16.9. The predicted octanol–water partition coefficient (Wildman–Crippen LogP) is 7.59. The normalized spacial score (nSPS) is 17.0. The summed E-state index contributed by atoms with van der Waals surface area (Å²) in [4.78, 5) is 0. The van der Waals surface area contributed by atoms with Crippen molar-refractivity contribution >= 4 is 29.3 Å². The van der Waals surface area contributed by atoms with Gasteiger partial charge in [-0.15, -0.1) is 0 Å². The Hall–Kier alpha value is -1.50. The van der Waals surface area contributed by atoms with Gasteiger partial charge in [-0.25, -0.2) is 0 Å². The fraction of sp³-hybridized carbons (Fsp3) is 0.273. The SMILES string of the molecule is C/C=C/c1cc(Cl)c(-c2cccc(CCC3C=CCC3)c2)c(Cl)c1. The highest BCUT2D eigenvalue weighted by molar-refractivity contribution is 6.39. The van der Waals surface area contributed by atoms with Gasteiger partial charge < -0.3 is 0 Å². The first kappa shape index (κ1) is 17.3. The van der Waals surface area contributed by atoms with Crippen molar-refractivity contribution in [3.63, 3.8) is 0 Å². The second-order valence-electron chi connectivity index (χ2n) is 6.36. The lowest BCUT2D eigenvalue weighted by Crippen LogP contribution is -1.95. The number of halogens is 2. The van der Waals surface area contributed by atoms with Gasteiger partial charge >= 0.3 is 0 Å². The number of benzene rings is 2. The Kier molecular flexibility index (Phi) is 5.81. The molecule has 124 valence electrons. The maximum Gasteiger partial charge on any atom is 0.0505 e. The molecule has 0 bridgehead atoms. The molecule has 1 unspecified atom stereocenters. The van der Waals surface area contributed by atoms with E-state index in [0.717, 1.165) is 29.0 Å². The second kappa shape index (κ2) is 8.05. The van der Waals surface area contributed by atoms with Crippen LogP contribution in [0.1, 0.15) is 37.3 Å². The van der Waals surface area contributed by atoms with Gasteiger partial charge in [0.1, 0.15) is 0 Å². The molecule has 1 aliphatic carbocycles. The van der Waals surface area contributed by atoms with Gasteiger partial charge in [0.15, 0.2) is 0 Å². The first-order chi connectivity index (χ1) is 11.7. The van der Waals surface area contributed by atoms with Gasteiger partial charge in [0.25, 0.3) is 0 Å². The lowest BCUT2D eigenvalue weighted by atomic mass is 9.96. The van der Waals surface area contributed by atoms with E-state index in [4.69, 9.17) is 23.2 Å². The zero-order valence-electron chi connectivity index (χ0n) is 13.9. The maximum absolute atomic E-state index is 6.51. The van der Waals surface area contributed by atoms with E-state index >= 15 is 0 Å². The number of rotatable bonds is 5. The standard InChI is InChI=1S/C22H22Cl2/c1-2-6-18-14-20(23)22(21(24)15-18)19-10-5-9-17(13-19)12-11-16-7-3-4-8-16/h2-3,5-7,9-10,13-16H,4,8,11-12H2,1H3/b6-2+. The molecule has 2 aromatic carbocycles. The molecule has 0 aromatic heterocycles. The molecule has 1 atom stereocenters. The summed E-state index contributed by atoms with van der Waals surface area (Å²) >= 11 is 13.0. The Morgan fingerprint density at radius 3 is 2.58 bits per heavy atom. The van der Waals surface area contributed by atoms with Crippen LogP contribution in [0.5, 0.6) is 0 Å². The minimum absolute atomic E-state index is 0.700. The highest BCUT2D eigenvalue weighted by atomic mass is 35.5. The molecule has 3 rings (SSSR count). The number of hydrogen-bond donors (Lipinski definition) is 0. The largest absolute Gasteiger partial charge is 0.0882 e.